The monoisotopic (exact) mass is 199 g/mol. The zero-order valence-corrected chi connectivity index (χ0v) is 8.78. The molecule has 14 heavy (non-hydrogen) atoms. The summed E-state index contributed by atoms with van der Waals surface area (Å²) in [5.41, 5.74) is 0. The summed E-state index contributed by atoms with van der Waals surface area (Å²) in [6, 6.07) is 0. The second-order valence-electron chi connectivity index (χ2n) is 3.63. The van der Waals surface area contributed by atoms with Gasteiger partial charge in [-0.15, -0.1) is 0 Å². The van der Waals surface area contributed by atoms with Crippen LogP contribution in [0.1, 0.15) is 26.2 Å². The molecule has 1 aliphatic carbocycles. The van der Waals surface area contributed by atoms with Crippen molar-refractivity contribution >= 4 is 11.9 Å². The Balaban J connectivity index is 2.34. The van der Waals surface area contributed by atoms with Crippen LogP contribution in [0.3, 0.4) is 0 Å². The molecule has 1 rings (SSSR count). The molecule has 0 aromatic rings. The van der Waals surface area contributed by atoms with Crippen LogP contribution < -0.4 is 0 Å². The van der Waals surface area contributed by atoms with Crippen LogP contribution in [0.2, 0.25) is 0 Å². The van der Waals surface area contributed by atoms with Gasteiger partial charge >= 0.3 is 5.97 Å². The molecule has 0 N–H and O–H groups in total. The van der Waals surface area contributed by atoms with Gasteiger partial charge in [0.05, 0.1) is 7.11 Å². The molecule has 0 heterocycles. The summed E-state index contributed by atoms with van der Waals surface area (Å²) < 4.78 is 4.52. The molecule has 80 valence electrons. The van der Waals surface area contributed by atoms with Crippen molar-refractivity contribution < 1.29 is 14.3 Å². The average molecular weight is 199 g/mol. The number of likely N-dealkylation sites (N-methyl/N-ethyl adjacent to an activating group) is 1. The molecule has 0 aromatic carbocycles. The molecule has 4 nitrogen and oxygen atoms in total. The zero-order valence-electron chi connectivity index (χ0n) is 8.78. The van der Waals surface area contributed by atoms with E-state index in [1.807, 2.05) is 6.92 Å². The molecule has 1 aliphatic rings. The minimum Gasteiger partial charge on any atom is -0.468 e. The number of carbonyl (C=O) groups excluding carboxylic acids is 2. The van der Waals surface area contributed by atoms with E-state index in [1.54, 1.807) is 4.90 Å². The Labute approximate surface area is 84.2 Å². The van der Waals surface area contributed by atoms with Gasteiger partial charge in [-0.25, -0.2) is 0 Å². The molecule has 1 saturated carbocycles. The average Bonchev–Trinajstić information content (AvgIpc) is 2.97. The van der Waals surface area contributed by atoms with Crippen LogP contribution in [0, 0.1) is 5.92 Å². The van der Waals surface area contributed by atoms with E-state index < -0.39 is 0 Å². The van der Waals surface area contributed by atoms with Gasteiger partial charge in [-0.1, -0.05) is 0 Å². The molecule has 0 saturated heterocycles. The van der Waals surface area contributed by atoms with Gasteiger partial charge in [-0.05, 0) is 25.7 Å². The number of carbonyl (C=O) groups is 2. The maximum atomic E-state index is 11.6. The number of esters is 1. The third-order valence-electron chi connectivity index (χ3n) is 2.44. The van der Waals surface area contributed by atoms with Crippen LogP contribution in [0.5, 0.6) is 0 Å². The van der Waals surface area contributed by atoms with Crippen molar-refractivity contribution in [1.82, 2.24) is 4.90 Å². The van der Waals surface area contributed by atoms with Gasteiger partial charge in [0.1, 0.15) is 6.54 Å². The standard InChI is InChI=1S/C10H17NO3/c1-3-11(7-10(13)14-2)9(12)6-8-4-5-8/h8H,3-7H2,1-2H3. The third-order valence-corrected chi connectivity index (χ3v) is 2.44. The first kappa shape index (κ1) is 11.0. The van der Waals surface area contributed by atoms with Crippen LogP contribution in [0.4, 0.5) is 0 Å². The first-order chi connectivity index (χ1) is 6.67. The highest BCUT2D eigenvalue weighted by Gasteiger charge is 2.27. The summed E-state index contributed by atoms with van der Waals surface area (Å²) in [6.45, 7) is 2.52. The van der Waals surface area contributed by atoms with E-state index in [0.717, 1.165) is 12.8 Å². The molecule has 0 unspecified atom stereocenters. The summed E-state index contributed by atoms with van der Waals surface area (Å²) >= 11 is 0. The first-order valence-corrected chi connectivity index (χ1v) is 5.02. The van der Waals surface area contributed by atoms with Crippen LogP contribution in [0.15, 0.2) is 0 Å². The predicted octanol–water partition coefficient (Wildman–Crippen LogP) is 0.808. The normalized spacial score (nSPS) is 15.0. The van der Waals surface area contributed by atoms with E-state index >= 15 is 0 Å². The van der Waals surface area contributed by atoms with Crippen LogP contribution in [0.25, 0.3) is 0 Å². The van der Waals surface area contributed by atoms with Gasteiger partial charge in [0, 0.05) is 13.0 Å². The lowest BCUT2D eigenvalue weighted by Crippen LogP contribution is -2.36. The largest absolute Gasteiger partial charge is 0.468 e. The van der Waals surface area contributed by atoms with E-state index in [-0.39, 0.29) is 18.4 Å². The van der Waals surface area contributed by atoms with Crippen molar-refractivity contribution in [3.8, 4) is 0 Å². The van der Waals surface area contributed by atoms with Gasteiger partial charge in [0.25, 0.3) is 0 Å². The van der Waals surface area contributed by atoms with Gasteiger partial charge < -0.3 is 9.64 Å². The van der Waals surface area contributed by atoms with Crippen molar-refractivity contribution in [1.29, 1.82) is 0 Å². The lowest BCUT2D eigenvalue weighted by atomic mass is 10.2. The van der Waals surface area contributed by atoms with Crippen molar-refractivity contribution in [2.75, 3.05) is 20.2 Å². The van der Waals surface area contributed by atoms with Gasteiger partial charge in [-0.2, -0.15) is 0 Å². The maximum Gasteiger partial charge on any atom is 0.325 e. The summed E-state index contributed by atoms with van der Waals surface area (Å²) in [6.07, 6.45) is 2.90. The summed E-state index contributed by atoms with van der Waals surface area (Å²) in [5.74, 6) is 0.283. The Morgan fingerprint density at radius 3 is 2.50 bits per heavy atom. The fraction of sp³-hybridized carbons (Fsp3) is 0.800. The lowest BCUT2D eigenvalue weighted by molar-refractivity contribution is -0.147. The smallest absolute Gasteiger partial charge is 0.325 e. The minimum absolute atomic E-state index is 0.0698. The molecule has 0 aromatic heterocycles. The van der Waals surface area contributed by atoms with Gasteiger partial charge in [0.15, 0.2) is 0 Å². The highest BCUT2D eigenvalue weighted by Crippen LogP contribution is 2.32. The van der Waals surface area contributed by atoms with Crippen LogP contribution >= 0.6 is 0 Å². The molecule has 4 heteroatoms. The SMILES string of the molecule is CCN(CC(=O)OC)C(=O)CC1CC1. The number of hydrogen-bond donors (Lipinski definition) is 0. The zero-order chi connectivity index (χ0) is 10.6. The molecule has 0 aliphatic heterocycles. The molecule has 0 bridgehead atoms. The van der Waals surface area contributed by atoms with Crippen molar-refractivity contribution in [2.45, 2.75) is 26.2 Å². The Morgan fingerprint density at radius 2 is 2.07 bits per heavy atom. The molecule has 0 atom stereocenters. The summed E-state index contributed by atoms with van der Waals surface area (Å²) in [7, 11) is 1.33. The topological polar surface area (TPSA) is 46.6 Å². The Morgan fingerprint density at radius 1 is 1.43 bits per heavy atom. The van der Waals surface area contributed by atoms with Crippen molar-refractivity contribution in [3.05, 3.63) is 0 Å². The molecular formula is C10H17NO3. The summed E-state index contributed by atoms with van der Waals surface area (Å²) in [5, 5.41) is 0. The molecular weight excluding hydrogens is 182 g/mol. The fourth-order valence-electron chi connectivity index (χ4n) is 1.29. The third kappa shape index (κ3) is 3.36. The molecule has 1 fully saturated rings. The first-order valence-electron chi connectivity index (χ1n) is 5.02. The second-order valence-corrected chi connectivity index (χ2v) is 3.63. The minimum atomic E-state index is -0.351. The highest BCUT2D eigenvalue weighted by molar-refractivity contribution is 5.82. The Bertz CT molecular complexity index is 223. The van der Waals surface area contributed by atoms with E-state index in [4.69, 9.17) is 0 Å². The van der Waals surface area contributed by atoms with Gasteiger partial charge in [0.2, 0.25) is 5.91 Å². The number of methoxy groups -OCH3 is 1. The van der Waals surface area contributed by atoms with Crippen molar-refractivity contribution in [2.24, 2.45) is 5.92 Å². The number of amides is 1. The Hall–Kier alpha value is -1.06. The number of hydrogen-bond acceptors (Lipinski definition) is 3. The molecule has 0 radical (unpaired) electrons. The molecule has 1 amide bonds. The number of ether oxygens (including phenoxy) is 1. The Kier molecular flexibility index (Phi) is 3.92. The summed E-state index contributed by atoms with van der Waals surface area (Å²) in [4.78, 5) is 24.1. The fourth-order valence-corrected chi connectivity index (χ4v) is 1.29. The molecule has 0 spiro atoms. The predicted molar refractivity (Wildman–Crippen MR) is 51.6 cm³/mol. The van der Waals surface area contributed by atoms with E-state index in [1.165, 1.54) is 7.11 Å². The number of nitrogens with zero attached hydrogens (tertiary/aromatic N) is 1. The maximum absolute atomic E-state index is 11.6. The van der Waals surface area contributed by atoms with E-state index in [9.17, 15) is 9.59 Å². The van der Waals surface area contributed by atoms with Crippen molar-refractivity contribution in [3.63, 3.8) is 0 Å². The highest BCUT2D eigenvalue weighted by atomic mass is 16.5. The van der Waals surface area contributed by atoms with Crippen LogP contribution in [-0.4, -0.2) is 37.0 Å². The second kappa shape index (κ2) is 4.98. The quantitative estimate of drug-likeness (QED) is 0.615. The van der Waals surface area contributed by atoms with Gasteiger partial charge in [-0.3, -0.25) is 9.59 Å². The van der Waals surface area contributed by atoms with Crippen LogP contribution in [-0.2, 0) is 14.3 Å². The van der Waals surface area contributed by atoms with E-state index in [0.29, 0.717) is 18.9 Å². The van der Waals surface area contributed by atoms with E-state index in [2.05, 4.69) is 4.74 Å². The number of rotatable bonds is 5. The lowest BCUT2D eigenvalue weighted by Gasteiger charge is -2.19.